The number of nitrogens with zero attached hydrogens (tertiary/aromatic N) is 2. The highest BCUT2D eigenvalue weighted by Crippen LogP contribution is 2.16. The van der Waals surface area contributed by atoms with Crippen molar-refractivity contribution < 1.29 is 18.4 Å². The molecule has 0 fully saturated rings. The first-order valence-corrected chi connectivity index (χ1v) is 5.55. The topological polar surface area (TPSA) is 86.2 Å². The molecule has 2 aromatic heterocycles. The lowest BCUT2D eigenvalue weighted by Gasteiger charge is -2.07. The Morgan fingerprint density at radius 2 is 2.42 bits per heavy atom. The minimum absolute atomic E-state index is 0.00951. The van der Waals surface area contributed by atoms with Crippen molar-refractivity contribution in [2.24, 2.45) is 0 Å². The molecule has 19 heavy (non-hydrogen) atoms. The number of hydrogen-bond donors (Lipinski definition) is 1. The SMILES string of the molecule is [2H]C([2H])([2H])OCCn1[nH]c(=O)c2cc(C)nc(C(=O)OC)c21. The zero-order chi connectivity index (χ0) is 16.5. The van der Waals surface area contributed by atoms with Gasteiger partial charge in [-0.1, -0.05) is 0 Å². The number of hydrogen-bond acceptors (Lipinski definition) is 5. The van der Waals surface area contributed by atoms with Crippen LogP contribution in [0, 0.1) is 6.92 Å². The molecule has 0 unspecified atom stereocenters. The summed E-state index contributed by atoms with van der Waals surface area (Å²) in [6.07, 6.45) is 0. The molecule has 0 aliphatic heterocycles. The normalized spacial score (nSPS) is 13.9. The second-order valence-electron chi connectivity index (χ2n) is 3.94. The third-order valence-corrected chi connectivity index (χ3v) is 2.67. The molecular formula is C12H15N3O4. The predicted octanol–water partition coefficient (Wildman–Crippen LogP) is 0.466. The van der Waals surface area contributed by atoms with Crippen LogP contribution in [-0.4, -0.2) is 41.5 Å². The van der Waals surface area contributed by atoms with Crippen molar-refractivity contribution in [1.82, 2.24) is 14.8 Å². The number of esters is 1. The molecule has 7 heteroatoms. The molecule has 2 aromatic rings. The number of aromatic nitrogens is 3. The fourth-order valence-corrected chi connectivity index (χ4v) is 1.90. The van der Waals surface area contributed by atoms with Crippen molar-refractivity contribution in [3.8, 4) is 0 Å². The Morgan fingerprint density at radius 1 is 1.63 bits per heavy atom. The molecule has 0 aliphatic rings. The van der Waals surface area contributed by atoms with Gasteiger partial charge >= 0.3 is 5.97 Å². The van der Waals surface area contributed by atoms with E-state index in [2.05, 4.69) is 19.6 Å². The van der Waals surface area contributed by atoms with Crippen molar-refractivity contribution in [3.05, 3.63) is 27.8 Å². The van der Waals surface area contributed by atoms with E-state index in [1.54, 1.807) is 13.0 Å². The smallest absolute Gasteiger partial charge is 0.358 e. The number of aromatic amines is 1. The Morgan fingerprint density at radius 3 is 3.11 bits per heavy atom. The number of pyridine rings is 1. The first-order valence-electron chi connectivity index (χ1n) is 7.05. The maximum atomic E-state index is 12.0. The molecule has 0 atom stereocenters. The Hall–Kier alpha value is -2.15. The van der Waals surface area contributed by atoms with E-state index in [-0.39, 0.29) is 29.7 Å². The third-order valence-electron chi connectivity index (χ3n) is 2.67. The van der Waals surface area contributed by atoms with Gasteiger partial charge in [0.25, 0.3) is 5.56 Å². The molecule has 2 heterocycles. The molecular weight excluding hydrogens is 250 g/mol. The maximum absolute atomic E-state index is 12.0. The molecule has 0 amide bonds. The standard InChI is InChI=1S/C12H15N3O4/c1-7-6-8-10(9(13-7)12(17)19-3)15(4-5-18-2)14-11(8)16/h6H,4-5H2,1-3H3,(H,14,16)/i2D3. The fourth-order valence-electron chi connectivity index (χ4n) is 1.90. The van der Waals surface area contributed by atoms with Crippen LogP contribution in [0.2, 0.25) is 0 Å². The summed E-state index contributed by atoms with van der Waals surface area (Å²) in [7, 11) is -1.31. The quantitative estimate of drug-likeness (QED) is 0.814. The Kier molecular flexibility index (Phi) is 2.68. The van der Waals surface area contributed by atoms with Crippen LogP contribution < -0.4 is 5.56 Å². The first-order chi connectivity index (χ1) is 10.2. The summed E-state index contributed by atoms with van der Waals surface area (Å²) >= 11 is 0. The number of aryl methyl sites for hydroxylation is 1. The highest BCUT2D eigenvalue weighted by molar-refractivity contribution is 6.00. The van der Waals surface area contributed by atoms with Gasteiger partial charge in [-0.15, -0.1) is 0 Å². The first kappa shape index (κ1) is 9.74. The summed E-state index contributed by atoms with van der Waals surface area (Å²) in [4.78, 5) is 27.9. The summed E-state index contributed by atoms with van der Waals surface area (Å²) in [6, 6.07) is 1.54. The van der Waals surface area contributed by atoms with Gasteiger partial charge in [-0.25, -0.2) is 9.78 Å². The van der Waals surface area contributed by atoms with E-state index in [1.165, 1.54) is 11.8 Å². The Balaban J connectivity index is 2.47. The molecule has 102 valence electrons. The van der Waals surface area contributed by atoms with Crippen LogP contribution in [0.15, 0.2) is 10.9 Å². The number of nitrogens with one attached hydrogen (secondary N) is 1. The molecule has 0 bridgehead atoms. The molecule has 0 saturated carbocycles. The predicted molar refractivity (Wildman–Crippen MR) is 68.3 cm³/mol. The molecule has 0 spiro atoms. The number of H-pyrrole nitrogens is 1. The van der Waals surface area contributed by atoms with Crippen LogP contribution in [-0.2, 0) is 16.0 Å². The lowest BCUT2D eigenvalue weighted by Crippen LogP contribution is -2.12. The summed E-state index contributed by atoms with van der Waals surface area (Å²) in [5.41, 5.74) is 0.343. The molecule has 0 saturated heterocycles. The van der Waals surface area contributed by atoms with Crippen LogP contribution in [0.3, 0.4) is 0 Å². The summed E-state index contributed by atoms with van der Waals surface area (Å²) in [6.45, 7) is 1.54. The lowest BCUT2D eigenvalue weighted by atomic mass is 10.2. The summed E-state index contributed by atoms with van der Waals surface area (Å²) in [5.74, 6) is -0.682. The van der Waals surface area contributed by atoms with Crippen molar-refractivity contribution in [2.45, 2.75) is 13.5 Å². The molecule has 0 radical (unpaired) electrons. The molecule has 0 aliphatic carbocycles. The molecule has 0 aromatic carbocycles. The minimum atomic E-state index is -2.52. The van der Waals surface area contributed by atoms with Crippen LogP contribution in [0.5, 0.6) is 0 Å². The Labute approximate surface area is 113 Å². The maximum Gasteiger partial charge on any atom is 0.358 e. The van der Waals surface area contributed by atoms with Crippen molar-refractivity contribution in [1.29, 1.82) is 0 Å². The van der Waals surface area contributed by atoms with Gasteiger partial charge in [-0.05, 0) is 13.0 Å². The minimum Gasteiger partial charge on any atom is -0.464 e. The number of carbonyl (C=O) groups is 1. The second-order valence-corrected chi connectivity index (χ2v) is 3.94. The van der Waals surface area contributed by atoms with E-state index < -0.39 is 18.6 Å². The van der Waals surface area contributed by atoms with E-state index in [0.717, 1.165) is 0 Å². The monoisotopic (exact) mass is 268 g/mol. The highest BCUT2D eigenvalue weighted by Gasteiger charge is 2.19. The van der Waals surface area contributed by atoms with Gasteiger partial charge in [-0.2, -0.15) is 0 Å². The number of rotatable bonds is 4. The molecule has 2 rings (SSSR count). The van der Waals surface area contributed by atoms with Crippen molar-refractivity contribution in [3.63, 3.8) is 0 Å². The van der Waals surface area contributed by atoms with E-state index in [0.29, 0.717) is 5.69 Å². The van der Waals surface area contributed by atoms with Crippen molar-refractivity contribution in [2.75, 3.05) is 20.8 Å². The van der Waals surface area contributed by atoms with Gasteiger partial charge in [0, 0.05) is 12.7 Å². The largest absolute Gasteiger partial charge is 0.464 e. The number of ether oxygens (including phenoxy) is 2. The molecule has 7 nitrogen and oxygen atoms in total. The fraction of sp³-hybridized carbons (Fsp3) is 0.417. The zero-order valence-electron chi connectivity index (χ0n) is 13.5. The number of fused-ring (bicyclic) bond motifs is 1. The van der Waals surface area contributed by atoms with Gasteiger partial charge in [0.2, 0.25) is 0 Å². The van der Waals surface area contributed by atoms with E-state index >= 15 is 0 Å². The second kappa shape index (κ2) is 5.23. The third kappa shape index (κ3) is 2.37. The average molecular weight is 268 g/mol. The van der Waals surface area contributed by atoms with Crippen LogP contribution >= 0.6 is 0 Å². The van der Waals surface area contributed by atoms with Crippen LogP contribution in [0.4, 0.5) is 0 Å². The van der Waals surface area contributed by atoms with E-state index in [9.17, 15) is 9.59 Å². The number of methoxy groups -OCH3 is 2. The van der Waals surface area contributed by atoms with Crippen molar-refractivity contribution >= 4 is 16.9 Å². The van der Waals surface area contributed by atoms with E-state index in [4.69, 9.17) is 4.11 Å². The van der Waals surface area contributed by atoms with Gasteiger partial charge in [0.05, 0.1) is 29.8 Å². The van der Waals surface area contributed by atoms with Gasteiger partial charge in [-0.3, -0.25) is 14.6 Å². The average Bonchev–Trinajstić information content (AvgIpc) is 2.72. The van der Waals surface area contributed by atoms with Crippen LogP contribution in [0.1, 0.15) is 20.3 Å². The zero-order valence-corrected chi connectivity index (χ0v) is 10.5. The van der Waals surface area contributed by atoms with Gasteiger partial charge in [0.15, 0.2) is 5.69 Å². The summed E-state index contributed by atoms with van der Waals surface area (Å²) in [5, 5.41) is 2.81. The number of carbonyl (C=O) groups excluding carboxylic acids is 1. The summed E-state index contributed by atoms with van der Waals surface area (Å²) < 4.78 is 31.6. The molecule has 1 N–H and O–H groups in total. The highest BCUT2D eigenvalue weighted by atomic mass is 16.5. The van der Waals surface area contributed by atoms with Gasteiger partial charge < -0.3 is 9.47 Å². The Bertz CT molecular complexity index is 763. The lowest BCUT2D eigenvalue weighted by molar-refractivity contribution is 0.0595. The van der Waals surface area contributed by atoms with Gasteiger partial charge in [0.1, 0.15) is 5.52 Å². The van der Waals surface area contributed by atoms with Crippen LogP contribution in [0.25, 0.3) is 10.9 Å². The van der Waals surface area contributed by atoms with E-state index in [1.807, 2.05) is 0 Å².